The third-order valence-electron chi connectivity index (χ3n) is 2.40. The van der Waals surface area contributed by atoms with Crippen LogP contribution in [-0.4, -0.2) is 4.98 Å². The van der Waals surface area contributed by atoms with Gasteiger partial charge in [0.1, 0.15) is 0 Å². The maximum Gasteiger partial charge on any atom is 0.0604 e. The Morgan fingerprint density at radius 3 is 2.57 bits per heavy atom. The van der Waals surface area contributed by atoms with Crippen LogP contribution in [0.3, 0.4) is 0 Å². The molecule has 1 aliphatic rings. The number of hydrogen-bond acceptors (Lipinski definition) is 0. The van der Waals surface area contributed by atoms with Crippen LogP contribution < -0.4 is 0 Å². The molecule has 0 amide bonds. The normalized spacial score (nSPS) is 17.0. The Morgan fingerprint density at radius 1 is 1.00 bits per heavy atom. The topological polar surface area (TPSA) is 15.8 Å². The average Bonchev–Trinajstić information content (AvgIpc) is 2.86. The number of fused-ring (bicyclic) bond motifs is 1. The molecule has 70 valence electrons. The van der Waals surface area contributed by atoms with Gasteiger partial charge in [-0.05, 0) is 22.9 Å². The first-order chi connectivity index (χ1) is 6.93. The quantitative estimate of drug-likeness (QED) is 0.656. The summed E-state index contributed by atoms with van der Waals surface area (Å²) in [6.07, 6.45) is 4.24. The first-order valence-corrected chi connectivity index (χ1v) is 6.12. The molecule has 0 aliphatic carbocycles. The molecular formula is C12H11NS. The van der Waals surface area contributed by atoms with Crippen LogP contribution in [0.5, 0.6) is 0 Å². The zero-order chi connectivity index (χ0) is 9.38. The van der Waals surface area contributed by atoms with Crippen molar-refractivity contribution in [3.63, 3.8) is 0 Å². The number of aromatic amines is 1. The molecule has 1 aromatic heterocycles. The highest BCUT2D eigenvalue weighted by molar-refractivity contribution is 8.22. The van der Waals surface area contributed by atoms with E-state index in [0.717, 1.165) is 0 Å². The molecule has 2 heteroatoms. The van der Waals surface area contributed by atoms with Crippen molar-refractivity contribution in [3.8, 4) is 0 Å². The largest absolute Gasteiger partial charge is 0.351 e. The van der Waals surface area contributed by atoms with E-state index in [2.05, 4.69) is 58.3 Å². The molecule has 14 heavy (non-hydrogen) atoms. The van der Waals surface area contributed by atoms with Crippen LogP contribution >= 0.6 is 10.9 Å². The highest BCUT2D eigenvalue weighted by atomic mass is 32.2. The number of nitrogens with one attached hydrogen (secondary N) is 1. The molecule has 1 N–H and O–H groups in total. The zero-order valence-corrected chi connectivity index (χ0v) is 8.54. The molecule has 2 aromatic rings. The highest BCUT2D eigenvalue weighted by Crippen LogP contribution is 2.42. The van der Waals surface area contributed by atoms with E-state index in [1.807, 2.05) is 0 Å². The van der Waals surface area contributed by atoms with Crippen molar-refractivity contribution < 1.29 is 0 Å². The fourth-order valence-corrected chi connectivity index (χ4v) is 3.22. The van der Waals surface area contributed by atoms with E-state index in [9.17, 15) is 0 Å². The number of hydrogen-bond donors (Lipinski definition) is 2. The average molecular weight is 201 g/mol. The maximum absolute atomic E-state index is 3.46. The minimum atomic E-state index is -0.204. The number of para-hydroxylation sites is 1. The van der Waals surface area contributed by atoms with Gasteiger partial charge in [-0.15, -0.1) is 0 Å². The second kappa shape index (κ2) is 3.07. The molecule has 1 aromatic carbocycles. The summed E-state index contributed by atoms with van der Waals surface area (Å²) in [7, 11) is -0.204. The lowest BCUT2D eigenvalue weighted by Gasteiger charge is -2.05. The molecule has 0 fully saturated rings. The summed E-state index contributed by atoms with van der Waals surface area (Å²) >= 11 is 0. The van der Waals surface area contributed by atoms with Crippen molar-refractivity contribution >= 4 is 21.8 Å². The van der Waals surface area contributed by atoms with Gasteiger partial charge in [0.15, 0.2) is 0 Å². The monoisotopic (exact) mass is 201 g/mol. The summed E-state index contributed by atoms with van der Waals surface area (Å²) in [6, 6.07) is 10.7. The number of benzene rings is 1. The van der Waals surface area contributed by atoms with Gasteiger partial charge in [0, 0.05) is 10.9 Å². The van der Waals surface area contributed by atoms with Crippen LogP contribution in [0.25, 0.3) is 10.9 Å². The van der Waals surface area contributed by atoms with Crippen LogP contribution in [0.4, 0.5) is 0 Å². The highest BCUT2D eigenvalue weighted by Gasteiger charge is 2.05. The lowest BCUT2D eigenvalue weighted by Crippen LogP contribution is -1.71. The Kier molecular flexibility index (Phi) is 1.74. The standard InChI is InChI=1S/C12H11NS/c1-2-6-11-10(5-1)9-12(13-11)14-7-3-4-8-14/h1-9,13-14H. The number of allylic oxidation sites excluding steroid dienone is 2. The summed E-state index contributed by atoms with van der Waals surface area (Å²) < 4.78 is 0. The van der Waals surface area contributed by atoms with Crippen molar-refractivity contribution in [1.29, 1.82) is 0 Å². The minimum Gasteiger partial charge on any atom is -0.351 e. The first-order valence-electron chi connectivity index (χ1n) is 4.64. The van der Waals surface area contributed by atoms with Gasteiger partial charge in [0.05, 0.1) is 5.03 Å². The van der Waals surface area contributed by atoms with E-state index in [0.29, 0.717) is 0 Å². The van der Waals surface area contributed by atoms with E-state index in [4.69, 9.17) is 0 Å². The van der Waals surface area contributed by atoms with Crippen LogP contribution in [0, 0.1) is 0 Å². The Labute approximate surface area is 85.5 Å². The second-order valence-electron chi connectivity index (χ2n) is 3.33. The smallest absolute Gasteiger partial charge is 0.0604 e. The fraction of sp³-hybridized carbons (Fsp3) is 0. The number of thiol groups is 1. The molecule has 0 saturated heterocycles. The molecule has 2 heterocycles. The Balaban J connectivity index is 2.14. The summed E-state index contributed by atoms with van der Waals surface area (Å²) in [5.74, 6) is 0. The van der Waals surface area contributed by atoms with Crippen LogP contribution in [-0.2, 0) is 0 Å². The van der Waals surface area contributed by atoms with E-state index in [1.165, 1.54) is 15.9 Å². The minimum absolute atomic E-state index is 0.204. The zero-order valence-electron chi connectivity index (χ0n) is 7.64. The molecule has 0 spiro atoms. The number of rotatable bonds is 1. The molecule has 0 atom stereocenters. The van der Waals surface area contributed by atoms with Crippen molar-refractivity contribution in [2.75, 3.05) is 0 Å². The van der Waals surface area contributed by atoms with E-state index in [1.54, 1.807) is 0 Å². The van der Waals surface area contributed by atoms with Gasteiger partial charge in [-0.2, -0.15) is 10.9 Å². The summed E-state index contributed by atoms with van der Waals surface area (Å²) in [6.45, 7) is 0. The molecular weight excluding hydrogens is 190 g/mol. The van der Waals surface area contributed by atoms with E-state index < -0.39 is 0 Å². The molecule has 0 radical (unpaired) electrons. The van der Waals surface area contributed by atoms with Crippen molar-refractivity contribution in [2.24, 2.45) is 0 Å². The van der Waals surface area contributed by atoms with Gasteiger partial charge < -0.3 is 4.98 Å². The molecule has 1 nitrogen and oxygen atoms in total. The molecule has 1 aliphatic heterocycles. The van der Waals surface area contributed by atoms with Gasteiger partial charge in [0.25, 0.3) is 0 Å². The Morgan fingerprint density at radius 2 is 1.79 bits per heavy atom. The third kappa shape index (κ3) is 1.19. The van der Waals surface area contributed by atoms with E-state index >= 15 is 0 Å². The maximum atomic E-state index is 3.46. The SMILES string of the molecule is C1=C[SH](c2cc3ccccc3[nH]2)C=C1. The number of aromatic nitrogens is 1. The van der Waals surface area contributed by atoms with Crippen molar-refractivity contribution in [2.45, 2.75) is 5.03 Å². The Hall–Kier alpha value is -1.41. The van der Waals surface area contributed by atoms with Crippen LogP contribution in [0.2, 0.25) is 0 Å². The third-order valence-corrected chi connectivity index (χ3v) is 4.18. The summed E-state index contributed by atoms with van der Waals surface area (Å²) in [5.41, 5.74) is 1.23. The molecule has 3 rings (SSSR count). The van der Waals surface area contributed by atoms with Crippen molar-refractivity contribution in [1.82, 2.24) is 4.98 Å². The fourth-order valence-electron chi connectivity index (χ4n) is 1.69. The Bertz CT molecular complexity index is 477. The second-order valence-corrected chi connectivity index (χ2v) is 5.22. The molecule has 0 unspecified atom stereocenters. The van der Waals surface area contributed by atoms with Crippen LogP contribution in [0.15, 0.2) is 58.3 Å². The van der Waals surface area contributed by atoms with Gasteiger partial charge in [-0.25, -0.2) is 0 Å². The predicted molar refractivity (Wildman–Crippen MR) is 63.8 cm³/mol. The summed E-state index contributed by atoms with van der Waals surface area (Å²) in [4.78, 5) is 3.46. The summed E-state index contributed by atoms with van der Waals surface area (Å²) in [5, 5.41) is 7.17. The lowest BCUT2D eigenvalue weighted by atomic mass is 10.3. The molecule has 0 saturated carbocycles. The van der Waals surface area contributed by atoms with Gasteiger partial charge in [-0.1, -0.05) is 30.4 Å². The predicted octanol–water partition coefficient (Wildman–Crippen LogP) is 3.57. The van der Waals surface area contributed by atoms with Gasteiger partial charge in [-0.3, -0.25) is 0 Å². The lowest BCUT2D eigenvalue weighted by molar-refractivity contribution is 1.24. The van der Waals surface area contributed by atoms with E-state index in [-0.39, 0.29) is 10.9 Å². The van der Waals surface area contributed by atoms with Gasteiger partial charge >= 0.3 is 0 Å². The number of H-pyrrole nitrogens is 1. The molecule has 0 bridgehead atoms. The first kappa shape index (κ1) is 7.94. The van der Waals surface area contributed by atoms with Crippen molar-refractivity contribution in [3.05, 3.63) is 53.3 Å². The van der Waals surface area contributed by atoms with Gasteiger partial charge in [0.2, 0.25) is 0 Å². The van der Waals surface area contributed by atoms with Crippen LogP contribution in [0.1, 0.15) is 0 Å².